The molecular weight excluding hydrogens is 562 g/mol. The number of nitrogens with zero attached hydrogens (tertiary/aromatic N) is 5. The number of imidazole rings is 1. The van der Waals surface area contributed by atoms with Crippen LogP contribution in [0.1, 0.15) is 0 Å². The zero-order valence-corrected chi connectivity index (χ0v) is 23.8. The van der Waals surface area contributed by atoms with Crippen molar-refractivity contribution in [2.24, 2.45) is 0 Å². The first-order valence-corrected chi connectivity index (χ1v) is 14.9. The van der Waals surface area contributed by atoms with Crippen LogP contribution < -0.4 is 18.4 Å². The highest BCUT2D eigenvalue weighted by Gasteiger charge is 2.18. The van der Waals surface area contributed by atoms with Gasteiger partial charge in [0.1, 0.15) is 18.7 Å². The van der Waals surface area contributed by atoms with Crippen molar-refractivity contribution in [1.29, 1.82) is 0 Å². The van der Waals surface area contributed by atoms with Crippen LogP contribution in [0.25, 0.3) is 33.1 Å². The predicted octanol–water partition coefficient (Wildman–Crippen LogP) is 2.61. The van der Waals surface area contributed by atoms with Crippen LogP contribution in [0.2, 0.25) is 0 Å². The van der Waals surface area contributed by atoms with Gasteiger partial charge in [0, 0.05) is 72.7 Å². The van der Waals surface area contributed by atoms with E-state index in [4.69, 9.17) is 18.4 Å². The van der Waals surface area contributed by atoms with E-state index in [1.807, 2.05) is 29.1 Å². The molecule has 3 aromatic heterocycles. The summed E-state index contributed by atoms with van der Waals surface area (Å²) >= 11 is 0. The zero-order chi connectivity index (χ0) is 28.9. The molecule has 5 aromatic rings. The normalized spacial score (nSPS) is 14.4. The summed E-state index contributed by atoms with van der Waals surface area (Å²) in [5.41, 5.74) is 2.88. The van der Waals surface area contributed by atoms with Crippen molar-refractivity contribution < 1.29 is 26.8 Å². The van der Waals surface area contributed by atoms with Crippen molar-refractivity contribution in [3.8, 4) is 28.5 Å². The number of rotatable bonds is 12. The quantitative estimate of drug-likeness (QED) is 0.221. The molecule has 0 atom stereocenters. The average Bonchev–Trinajstić information content (AvgIpc) is 3.67. The molecular formula is C28H31N7O6S. The Kier molecular flexibility index (Phi) is 8.19. The van der Waals surface area contributed by atoms with Gasteiger partial charge in [-0.25, -0.2) is 15.0 Å². The molecule has 42 heavy (non-hydrogen) atoms. The van der Waals surface area contributed by atoms with Crippen LogP contribution in [0.15, 0.2) is 61.6 Å². The minimum Gasteiger partial charge on any atom is -0.493 e. The van der Waals surface area contributed by atoms with E-state index in [0.717, 1.165) is 34.9 Å². The highest BCUT2D eigenvalue weighted by Crippen LogP contribution is 2.38. The largest absolute Gasteiger partial charge is 0.493 e. The third-order valence-electron chi connectivity index (χ3n) is 7.01. The van der Waals surface area contributed by atoms with Gasteiger partial charge in [0.15, 0.2) is 11.5 Å². The van der Waals surface area contributed by atoms with Crippen LogP contribution in [0, 0.1) is 0 Å². The van der Waals surface area contributed by atoms with Gasteiger partial charge < -0.3 is 27.9 Å². The first-order chi connectivity index (χ1) is 20.5. The summed E-state index contributed by atoms with van der Waals surface area (Å²) in [5, 5.41) is 1.50. The van der Waals surface area contributed by atoms with E-state index in [2.05, 4.69) is 29.6 Å². The summed E-state index contributed by atoms with van der Waals surface area (Å²) in [6.45, 7) is 4.73. The average molecular weight is 594 g/mol. The van der Waals surface area contributed by atoms with Gasteiger partial charge >= 0.3 is 10.3 Å². The summed E-state index contributed by atoms with van der Waals surface area (Å²) < 4.78 is 52.1. The van der Waals surface area contributed by atoms with Gasteiger partial charge in [0.25, 0.3) is 0 Å². The minimum atomic E-state index is -4.01. The van der Waals surface area contributed by atoms with Gasteiger partial charge in [-0.05, 0) is 24.3 Å². The smallest absolute Gasteiger partial charge is 0.382 e. The lowest BCUT2D eigenvalue weighted by Gasteiger charge is -2.26. The summed E-state index contributed by atoms with van der Waals surface area (Å²) in [7, 11) is -2.43. The van der Waals surface area contributed by atoms with Gasteiger partial charge in [-0.2, -0.15) is 13.1 Å². The van der Waals surface area contributed by atoms with Crippen molar-refractivity contribution in [2.45, 2.75) is 6.54 Å². The van der Waals surface area contributed by atoms with E-state index in [1.165, 1.54) is 6.33 Å². The number of morpholine rings is 1. The third-order valence-corrected chi connectivity index (χ3v) is 7.98. The minimum absolute atomic E-state index is 0.187. The molecule has 2 N–H and O–H groups in total. The molecule has 4 heterocycles. The molecule has 6 rings (SSSR count). The maximum Gasteiger partial charge on any atom is 0.382 e. The molecule has 0 unspecified atom stereocenters. The number of benzene rings is 2. The number of fused-ring (bicyclic) bond motifs is 2. The Morgan fingerprint density at radius 3 is 2.76 bits per heavy atom. The second-order valence-corrected chi connectivity index (χ2v) is 11.1. The van der Waals surface area contributed by atoms with Gasteiger partial charge in [-0.3, -0.25) is 4.90 Å². The molecule has 0 spiro atoms. The van der Waals surface area contributed by atoms with Gasteiger partial charge in [-0.1, -0.05) is 0 Å². The lowest BCUT2D eigenvalue weighted by Crippen LogP contribution is -2.42. The Morgan fingerprint density at radius 1 is 1.07 bits per heavy atom. The number of aromatic amines is 1. The van der Waals surface area contributed by atoms with E-state index < -0.39 is 10.3 Å². The zero-order valence-electron chi connectivity index (χ0n) is 23.0. The number of nitrogens with one attached hydrogen (secondary N) is 2. The van der Waals surface area contributed by atoms with E-state index in [9.17, 15) is 8.42 Å². The van der Waals surface area contributed by atoms with Crippen LogP contribution in [0.5, 0.6) is 17.2 Å². The number of hydrogen-bond acceptors (Lipinski definition) is 10. The monoisotopic (exact) mass is 593 g/mol. The first-order valence-electron chi connectivity index (χ1n) is 13.5. The number of methoxy groups -OCH3 is 1. The van der Waals surface area contributed by atoms with Crippen molar-refractivity contribution in [3.05, 3.63) is 61.6 Å². The topological polar surface area (TPSA) is 146 Å². The highest BCUT2D eigenvalue weighted by atomic mass is 32.2. The van der Waals surface area contributed by atoms with Gasteiger partial charge in [-0.15, -0.1) is 0 Å². The Balaban J connectivity index is 1.22. The molecule has 1 aliphatic heterocycles. The fraction of sp³-hybridized carbons (Fsp3) is 0.321. The van der Waals surface area contributed by atoms with Crippen LogP contribution in [0.3, 0.4) is 0 Å². The predicted molar refractivity (Wildman–Crippen MR) is 156 cm³/mol. The maximum atomic E-state index is 12.7. The standard InChI is InChI=1S/C28H31N7O6S/c1-38-26-15-22-25(16-27(26)40-13-10-35-6-4-29-19-35)31-18-32-28(22)23-17-30-24-3-2-20(14-21(23)24)41-42(36,37)33-5-7-34-8-11-39-12-9-34/h2-4,6,14-19,30,33H,5,7-13H2,1H3. The summed E-state index contributed by atoms with van der Waals surface area (Å²) in [6.07, 6.45) is 8.64. The molecule has 220 valence electrons. The molecule has 0 radical (unpaired) electrons. The fourth-order valence-electron chi connectivity index (χ4n) is 4.89. The van der Waals surface area contributed by atoms with E-state index >= 15 is 0 Å². The lowest BCUT2D eigenvalue weighted by molar-refractivity contribution is 0.0390. The van der Waals surface area contributed by atoms with Gasteiger partial charge in [0.05, 0.1) is 44.4 Å². The number of aromatic nitrogens is 5. The van der Waals surface area contributed by atoms with E-state index in [1.54, 1.807) is 37.8 Å². The third kappa shape index (κ3) is 6.31. The van der Waals surface area contributed by atoms with E-state index in [0.29, 0.717) is 55.6 Å². The van der Waals surface area contributed by atoms with Crippen molar-refractivity contribution in [3.63, 3.8) is 0 Å². The van der Waals surface area contributed by atoms with Crippen molar-refractivity contribution in [1.82, 2.24) is 34.1 Å². The summed E-state index contributed by atoms with van der Waals surface area (Å²) in [4.78, 5) is 18.4. The molecule has 0 amide bonds. The van der Waals surface area contributed by atoms with Crippen LogP contribution in [0.4, 0.5) is 0 Å². The summed E-state index contributed by atoms with van der Waals surface area (Å²) in [6, 6.07) is 8.73. The Morgan fingerprint density at radius 2 is 1.95 bits per heavy atom. The van der Waals surface area contributed by atoms with Crippen molar-refractivity contribution >= 4 is 32.1 Å². The van der Waals surface area contributed by atoms with Gasteiger partial charge in [0.2, 0.25) is 0 Å². The van der Waals surface area contributed by atoms with E-state index in [-0.39, 0.29) is 12.3 Å². The number of hydrogen-bond donors (Lipinski definition) is 2. The second kappa shape index (κ2) is 12.3. The van der Waals surface area contributed by atoms with Crippen LogP contribution in [-0.4, -0.2) is 90.9 Å². The maximum absolute atomic E-state index is 12.7. The first kappa shape index (κ1) is 27.9. The fourth-order valence-corrected chi connectivity index (χ4v) is 5.65. The molecule has 1 saturated heterocycles. The summed E-state index contributed by atoms with van der Waals surface area (Å²) in [5.74, 6) is 1.30. The highest BCUT2D eigenvalue weighted by molar-refractivity contribution is 7.85. The molecule has 13 nitrogen and oxygen atoms in total. The molecule has 0 saturated carbocycles. The Bertz CT molecular complexity index is 1770. The molecule has 2 aromatic carbocycles. The Hall–Kier alpha value is -4.24. The number of H-pyrrole nitrogens is 1. The molecule has 1 aliphatic rings. The molecule has 14 heteroatoms. The number of ether oxygens (including phenoxy) is 3. The molecule has 0 bridgehead atoms. The SMILES string of the molecule is COc1cc2c(-c3c[nH]c4ccc(OS(=O)(=O)NCCN5CCOCC5)cc34)ncnc2cc1OCCn1ccnc1. The second-order valence-electron chi connectivity index (χ2n) is 9.69. The van der Waals surface area contributed by atoms with Crippen LogP contribution in [-0.2, 0) is 21.6 Å². The van der Waals surface area contributed by atoms with Crippen LogP contribution >= 0.6 is 0 Å². The molecule has 0 aliphatic carbocycles. The lowest BCUT2D eigenvalue weighted by atomic mass is 10.0. The Labute approximate surface area is 242 Å². The molecule has 1 fully saturated rings. The van der Waals surface area contributed by atoms with Crippen molar-refractivity contribution in [2.75, 3.05) is 53.1 Å².